The summed E-state index contributed by atoms with van der Waals surface area (Å²) in [6.07, 6.45) is 3.69. The fraction of sp³-hybridized carbons (Fsp3) is 0.429. The number of rotatable bonds is 3. The maximum atomic E-state index is 12.4. The Bertz CT molecular complexity index is 1340. The highest BCUT2D eigenvalue weighted by molar-refractivity contribution is 5.98. The van der Waals surface area contributed by atoms with Gasteiger partial charge in [0.1, 0.15) is 5.60 Å². The molecule has 2 amide bonds. The first-order valence-corrected chi connectivity index (χ1v) is 12.9. The molecule has 2 aromatic heterocycles. The summed E-state index contributed by atoms with van der Waals surface area (Å²) < 4.78 is 5.50. The molecule has 2 N–H and O–H groups in total. The first-order chi connectivity index (χ1) is 17.7. The second-order valence-corrected chi connectivity index (χ2v) is 11.2. The van der Waals surface area contributed by atoms with Gasteiger partial charge in [0, 0.05) is 61.3 Å². The smallest absolute Gasteiger partial charge is 0.410 e. The summed E-state index contributed by atoms with van der Waals surface area (Å²) in [5, 5.41) is 3.02. The van der Waals surface area contributed by atoms with Crippen LogP contribution in [0.2, 0.25) is 0 Å². The topological polar surface area (TPSA) is 103 Å². The third kappa shape index (κ3) is 4.54. The number of nitrogens with zero attached hydrogens (tertiary/aromatic N) is 4. The molecule has 1 spiro atoms. The summed E-state index contributed by atoms with van der Waals surface area (Å²) >= 11 is 0. The van der Waals surface area contributed by atoms with Gasteiger partial charge in [-0.1, -0.05) is 0 Å². The Hall–Kier alpha value is -3.88. The first kappa shape index (κ1) is 23.5. The second-order valence-electron chi connectivity index (χ2n) is 11.2. The summed E-state index contributed by atoms with van der Waals surface area (Å²) in [6, 6.07) is 12.0. The van der Waals surface area contributed by atoms with Gasteiger partial charge >= 0.3 is 6.09 Å². The van der Waals surface area contributed by atoms with Crippen LogP contribution < -0.4 is 10.2 Å². The molecule has 9 heteroatoms. The zero-order valence-corrected chi connectivity index (χ0v) is 21.5. The van der Waals surface area contributed by atoms with E-state index in [0.717, 1.165) is 59.8 Å². The number of amides is 2. The number of hydrogen-bond donors (Lipinski definition) is 2. The normalized spacial score (nSPS) is 18.4. The number of piperazine rings is 1. The van der Waals surface area contributed by atoms with Crippen molar-refractivity contribution in [2.24, 2.45) is 0 Å². The van der Waals surface area contributed by atoms with Crippen molar-refractivity contribution in [3.63, 3.8) is 0 Å². The standard InChI is InChI=1S/C28H32N6O3/c1-27(2,3)37-26(36)34-14-12-33(13-15-34)19-6-4-18(5-7-19)24-29-11-8-21(32-24)22-16-20-23(31-22)28(9-10-28)17-30-25(20)35/h4-8,11,16,31H,9-10,12-15,17H2,1-3H3,(H,30,35). The van der Waals surface area contributed by atoms with Gasteiger partial charge in [-0.25, -0.2) is 14.8 Å². The van der Waals surface area contributed by atoms with Gasteiger partial charge in [-0.3, -0.25) is 4.79 Å². The highest BCUT2D eigenvalue weighted by Gasteiger charge is 2.50. The monoisotopic (exact) mass is 500 g/mol. The van der Waals surface area contributed by atoms with E-state index >= 15 is 0 Å². The Morgan fingerprint density at radius 3 is 2.46 bits per heavy atom. The van der Waals surface area contributed by atoms with Gasteiger partial charge < -0.3 is 24.8 Å². The minimum atomic E-state index is -0.488. The minimum absolute atomic E-state index is 0.0215. The van der Waals surface area contributed by atoms with Crippen molar-refractivity contribution >= 4 is 17.7 Å². The lowest BCUT2D eigenvalue weighted by Crippen LogP contribution is -2.50. The van der Waals surface area contributed by atoms with Crippen molar-refractivity contribution in [2.45, 2.75) is 44.6 Å². The van der Waals surface area contributed by atoms with Crippen LogP contribution in [0, 0.1) is 0 Å². The third-order valence-electron chi connectivity index (χ3n) is 7.39. The van der Waals surface area contributed by atoms with E-state index in [1.807, 2.05) is 45.0 Å². The van der Waals surface area contributed by atoms with Gasteiger partial charge in [0.2, 0.25) is 0 Å². The third-order valence-corrected chi connectivity index (χ3v) is 7.39. The minimum Gasteiger partial charge on any atom is -0.444 e. The van der Waals surface area contributed by atoms with Gasteiger partial charge in [-0.2, -0.15) is 0 Å². The Morgan fingerprint density at radius 2 is 1.78 bits per heavy atom. The molecule has 1 saturated heterocycles. The van der Waals surface area contributed by atoms with Crippen LogP contribution in [0.5, 0.6) is 0 Å². The molecule has 1 saturated carbocycles. The van der Waals surface area contributed by atoms with E-state index in [0.29, 0.717) is 25.5 Å². The molecule has 0 unspecified atom stereocenters. The fourth-order valence-electron chi connectivity index (χ4n) is 5.14. The summed E-state index contributed by atoms with van der Waals surface area (Å²) in [6.45, 7) is 9.10. The van der Waals surface area contributed by atoms with Crippen molar-refractivity contribution < 1.29 is 14.3 Å². The van der Waals surface area contributed by atoms with Crippen molar-refractivity contribution in [1.29, 1.82) is 0 Å². The van der Waals surface area contributed by atoms with Gasteiger partial charge in [0.05, 0.1) is 17.0 Å². The Kier molecular flexibility index (Phi) is 5.47. The molecule has 6 rings (SSSR count). The summed E-state index contributed by atoms with van der Waals surface area (Å²) in [4.78, 5) is 41.6. The molecule has 3 aromatic rings. The van der Waals surface area contributed by atoms with Crippen LogP contribution in [0.3, 0.4) is 0 Å². The number of hydrogen-bond acceptors (Lipinski definition) is 6. The summed E-state index contributed by atoms with van der Waals surface area (Å²) in [5.41, 5.74) is 5.00. The van der Waals surface area contributed by atoms with Crippen LogP contribution in [0.15, 0.2) is 42.6 Å². The van der Waals surface area contributed by atoms with E-state index in [1.165, 1.54) is 0 Å². The van der Waals surface area contributed by atoms with E-state index in [-0.39, 0.29) is 17.4 Å². The van der Waals surface area contributed by atoms with Gasteiger partial charge in [-0.05, 0) is 70.0 Å². The number of ether oxygens (including phenoxy) is 1. The Balaban J connectivity index is 1.15. The molecule has 192 valence electrons. The number of aromatic nitrogens is 3. The lowest BCUT2D eigenvalue weighted by Gasteiger charge is -2.36. The van der Waals surface area contributed by atoms with E-state index in [4.69, 9.17) is 9.72 Å². The highest BCUT2D eigenvalue weighted by Crippen LogP contribution is 2.50. The zero-order chi connectivity index (χ0) is 25.8. The van der Waals surface area contributed by atoms with Gasteiger partial charge in [0.15, 0.2) is 5.82 Å². The number of fused-ring (bicyclic) bond motifs is 2. The number of benzene rings is 1. The van der Waals surface area contributed by atoms with Gasteiger partial charge in [-0.15, -0.1) is 0 Å². The largest absolute Gasteiger partial charge is 0.444 e. The number of nitrogens with one attached hydrogen (secondary N) is 2. The summed E-state index contributed by atoms with van der Waals surface area (Å²) in [7, 11) is 0. The van der Waals surface area contributed by atoms with Gasteiger partial charge in [0.25, 0.3) is 5.91 Å². The quantitative estimate of drug-likeness (QED) is 0.564. The van der Waals surface area contributed by atoms with Crippen LogP contribution in [-0.4, -0.2) is 70.2 Å². The number of carbonyl (C=O) groups excluding carboxylic acids is 2. The van der Waals surface area contributed by atoms with Crippen molar-refractivity contribution in [2.75, 3.05) is 37.6 Å². The molecule has 2 aliphatic heterocycles. The zero-order valence-electron chi connectivity index (χ0n) is 21.5. The molecule has 0 radical (unpaired) electrons. The molecular weight excluding hydrogens is 468 g/mol. The number of H-pyrrole nitrogens is 1. The highest BCUT2D eigenvalue weighted by atomic mass is 16.6. The summed E-state index contributed by atoms with van der Waals surface area (Å²) in [5.74, 6) is 0.615. The van der Waals surface area contributed by atoms with Crippen LogP contribution in [0.25, 0.3) is 22.8 Å². The average Bonchev–Trinajstić information content (AvgIpc) is 3.52. The molecule has 1 aliphatic carbocycles. The molecule has 1 aromatic carbocycles. The average molecular weight is 501 g/mol. The van der Waals surface area contributed by atoms with Crippen molar-refractivity contribution in [3.05, 3.63) is 53.9 Å². The second kappa shape index (κ2) is 8.61. The fourth-order valence-corrected chi connectivity index (χ4v) is 5.14. The molecule has 4 heterocycles. The van der Waals surface area contributed by atoms with Crippen LogP contribution >= 0.6 is 0 Å². The molecule has 37 heavy (non-hydrogen) atoms. The maximum absolute atomic E-state index is 12.4. The number of anilines is 1. The first-order valence-electron chi connectivity index (χ1n) is 12.9. The maximum Gasteiger partial charge on any atom is 0.410 e. The molecule has 3 aliphatic rings. The van der Waals surface area contributed by atoms with Crippen LogP contribution in [0.4, 0.5) is 10.5 Å². The SMILES string of the molecule is CC(C)(C)OC(=O)N1CCN(c2ccc(-c3nccc(-c4cc5c([nH]4)C4(CC4)CNC5=O)n3)cc2)CC1. The molecule has 0 bridgehead atoms. The Morgan fingerprint density at radius 1 is 1.05 bits per heavy atom. The van der Waals surface area contributed by atoms with Crippen molar-refractivity contribution in [3.8, 4) is 22.8 Å². The Labute approximate surface area is 216 Å². The van der Waals surface area contributed by atoms with E-state index < -0.39 is 5.60 Å². The van der Waals surface area contributed by atoms with Crippen LogP contribution in [0.1, 0.15) is 49.7 Å². The van der Waals surface area contributed by atoms with Crippen molar-refractivity contribution in [1.82, 2.24) is 25.2 Å². The molecule has 9 nitrogen and oxygen atoms in total. The van der Waals surface area contributed by atoms with E-state index in [2.05, 4.69) is 32.3 Å². The lowest BCUT2D eigenvalue weighted by atomic mass is 9.95. The molecular formula is C28H32N6O3. The lowest BCUT2D eigenvalue weighted by molar-refractivity contribution is 0.0240. The number of aromatic amines is 1. The molecule has 0 atom stereocenters. The van der Waals surface area contributed by atoms with Crippen LogP contribution in [-0.2, 0) is 10.2 Å². The predicted molar refractivity (Wildman–Crippen MR) is 141 cm³/mol. The van der Waals surface area contributed by atoms with E-state index in [9.17, 15) is 9.59 Å². The predicted octanol–water partition coefficient (Wildman–Crippen LogP) is 3.97. The molecule has 2 fully saturated rings. The van der Waals surface area contributed by atoms with E-state index in [1.54, 1.807) is 11.1 Å². The number of carbonyl (C=O) groups is 2.